The summed E-state index contributed by atoms with van der Waals surface area (Å²) in [6, 6.07) is 15.1. The van der Waals surface area contributed by atoms with Crippen molar-refractivity contribution in [1.82, 2.24) is 9.97 Å². The number of hydrogen-bond acceptors (Lipinski definition) is 5. The molecule has 1 heterocycles. The minimum atomic E-state index is 0.184. The molecule has 0 radical (unpaired) electrons. The van der Waals surface area contributed by atoms with Gasteiger partial charge in [-0.2, -0.15) is 9.97 Å². The smallest absolute Gasteiger partial charge is 0.318 e. The predicted molar refractivity (Wildman–Crippen MR) is 104 cm³/mol. The molecule has 26 heavy (non-hydrogen) atoms. The molecule has 0 bridgehead atoms. The fraction of sp³-hybridized carbons (Fsp3) is 0.200. The van der Waals surface area contributed by atoms with Crippen LogP contribution in [0.15, 0.2) is 48.5 Å². The number of ether oxygens (including phenoxy) is 1. The number of benzene rings is 2. The van der Waals surface area contributed by atoms with Gasteiger partial charge in [-0.15, -0.1) is 0 Å². The van der Waals surface area contributed by atoms with Crippen molar-refractivity contribution in [2.75, 3.05) is 19.0 Å². The highest BCUT2D eigenvalue weighted by molar-refractivity contribution is 6.31. The van der Waals surface area contributed by atoms with Crippen LogP contribution in [0.2, 0.25) is 5.02 Å². The molecule has 6 heteroatoms. The van der Waals surface area contributed by atoms with Crippen LogP contribution < -0.4 is 10.1 Å². The van der Waals surface area contributed by atoms with Crippen LogP contribution in [0, 0.1) is 6.92 Å². The van der Waals surface area contributed by atoms with E-state index in [1.54, 1.807) is 18.2 Å². The molecule has 0 aliphatic rings. The first-order chi connectivity index (χ1) is 12.5. The molecule has 3 aromatic rings. The van der Waals surface area contributed by atoms with Crippen molar-refractivity contribution in [3.05, 3.63) is 64.7 Å². The molecule has 5 nitrogen and oxygen atoms in total. The maximum Gasteiger partial charge on any atom is 0.318 e. The van der Waals surface area contributed by atoms with Gasteiger partial charge in [-0.3, -0.25) is 0 Å². The Labute approximate surface area is 157 Å². The van der Waals surface area contributed by atoms with Gasteiger partial charge in [0.2, 0.25) is 0 Å². The van der Waals surface area contributed by atoms with Crippen molar-refractivity contribution < 1.29 is 9.84 Å². The number of anilines is 1. The lowest BCUT2D eigenvalue weighted by Crippen LogP contribution is -2.08. The third kappa shape index (κ3) is 4.43. The molecule has 0 aliphatic carbocycles. The number of phenolic OH excluding ortho intramolecular Hbond substituents is 1. The van der Waals surface area contributed by atoms with Gasteiger partial charge in [-0.1, -0.05) is 35.9 Å². The van der Waals surface area contributed by atoms with E-state index in [1.807, 2.05) is 31.2 Å². The maximum atomic E-state index is 9.68. The number of nitrogens with one attached hydrogen (secondary N) is 1. The Hall–Kier alpha value is -2.79. The fourth-order valence-corrected chi connectivity index (χ4v) is 2.93. The van der Waals surface area contributed by atoms with Gasteiger partial charge in [0.15, 0.2) is 0 Å². The molecule has 0 atom stereocenters. The minimum Gasteiger partial charge on any atom is -0.508 e. The van der Waals surface area contributed by atoms with Crippen LogP contribution in [-0.4, -0.2) is 28.7 Å². The fourth-order valence-electron chi connectivity index (χ4n) is 2.60. The Bertz CT molecular complexity index is 915. The van der Waals surface area contributed by atoms with Crippen molar-refractivity contribution in [3.63, 3.8) is 0 Å². The van der Waals surface area contributed by atoms with Gasteiger partial charge in [0, 0.05) is 23.2 Å². The van der Waals surface area contributed by atoms with Gasteiger partial charge < -0.3 is 15.2 Å². The zero-order valence-corrected chi connectivity index (χ0v) is 15.4. The number of phenols is 1. The molecule has 0 unspecified atom stereocenters. The minimum absolute atomic E-state index is 0.184. The van der Waals surface area contributed by atoms with Crippen LogP contribution in [0.1, 0.15) is 11.1 Å². The van der Waals surface area contributed by atoms with E-state index in [1.165, 1.54) is 7.11 Å². The second kappa shape index (κ2) is 8.06. The molecule has 2 N–H and O–H groups in total. The molecular weight excluding hydrogens is 350 g/mol. The van der Waals surface area contributed by atoms with Gasteiger partial charge in [-0.05, 0) is 42.7 Å². The van der Waals surface area contributed by atoms with Crippen molar-refractivity contribution in [2.45, 2.75) is 13.3 Å². The number of nitrogens with zero attached hydrogens (tertiary/aromatic N) is 2. The lowest BCUT2D eigenvalue weighted by molar-refractivity contribution is 0.381. The van der Waals surface area contributed by atoms with E-state index in [2.05, 4.69) is 21.4 Å². The molecule has 2 aromatic carbocycles. The first-order valence-electron chi connectivity index (χ1n) is 8.26. The number of aromatic hydroxyl groups is 1. The molecule has 0 saturated heterocycles. The van der Waals surface area contributed by atoms with Crippen LogP contribution in [-0.2, 0) is 6.42 Å². The Morgan fingerprint density at radius 1 is 1.12 bits per heavy atom. The second-order valence-electron chi connectivity index (χ2n) is 5.95. The first-order valence-corrected chi connectivity index (χ1v) is 8.64. The van der Waals surface area contributed by atoms with Gasteiger partial charge in [-0.25, -0.2) is 0 Å². The highest BCUT2D eigenvalue weighted by Gasteiger charge is 2.08. The van der Waals surface area contributed by atoms with Crippen molar-refractivity contribution >= 4 is 17.4 Å². The van der Waals surface area contributed by atoms with E-state index in [0.717, 1.165) is 28.1 Å². The van der Waals surface area contributed by atoms with E-state index in [4.69, 9.17) is 16.3 Å². The van der Waals surface area contributed by atoms with E-state index in [-0.39, 0.29) is 11.8 Å². The summed E-state index contributed by atoms with van der Waals surface area (Å²) in [5, 5.41) is 13.7. The summed E-state index contributed by atoms with van der Waals surface area (Å²) in [6.07, 6.45) is 0.771. The van der Waals surface area contributed by atoms with Crippen LogP contribution in [0.5, 0.6) is 11.8 Å². The van der Waals surface area contributed by atoms with E-state index in [9.17, 15) is 5.11 Å². The van der Waals surface area contributed by atoms with Crippen molar-refractivity contribution in [2.24, 2.45) is 0 Å². The number of aromatic nitrogens is 2. The predicted octanol–water partition coefficient (Wildman–Crippen LogP) is 4.47. The Kier molecular flexibility index (Phi) is 5.58. The van der Waals surface area contributed by atoms with Crippen molar-refractivity contribution in [1.29, 1.82) is 0 Å². The zero-order valence-electron chi connectivity index (χ0n) is 14.7. The van der Waals surface area contributed by atoms with Gasteiger partial charge in [0.25, 0.3) is 0 Å². The molecule has 0 saturated carbocycles. The SMILES string of the molecule is COc1nc(NCCc2ccc(C)cc2Cl)cc(-c2cccc(O)c2)n1. The van der Waals surface area contributed by atoms with Gasteiger partial charge >= 0.3 is 6.01 Å². The normalized spacial score (nSPS) is 10.6. The molecule has 0 aliphatic heterocycles. The van der Waals surface area contributed by atoms with Crippen molar-refractivity contribution in [3.8, 4) is 23.0 Å². The molecule has 0 spiro atoms. The first kappa shape index (κ1) is 18.0. The average Bonchev–Trinajstić information content (AvgIpc) is 2.63. The van der Waals surface area contributed by atoms with Crippen LogP contribution in [0.4, 0.5) is 5.82 Å². The second-order valence-corrected chi connectivity index (χ2v) is 6.35. The van der Waals surface area contributed by atoms with E-state index < -0.39 is 0 Å². The Balaban J connectivity index is 1.76. The third-order valence-electron chi connectivity index (χ3n) is 3.94. The summed E-state index contributed by atoms with van der Waals surface area (Å²) in [5.74, 6) is 0.835. The summed E-state index contributed by atoms with van der Waals surface area (Å²) in [7, 11) is 1.53. The standard InChI is InChI=1S/C20H20ClN3O2/c1-13-6-7-14(17(21)10-13)8-9-22-19-12-18(23-20(24-19)26-2)15-4-3-5-16(25)11-15/h3-7,10-12,25H,8-9H2,1-2H3,(H,22,23,24). The lowest BCUT2D eigenvalue weighted by atomic mass is 10.1. The highest BCUT2D eigenvalue weighted by atomic mass is 35.5. The quantitative estimate of drug-likeness (QED) is 0.670. The van der Waals surface area contributed by atoms with Gasteiger partial charge in [0.05, 0.1) is 12.8 Å². The number of halogens is 1. The van der Waals surface area contributed by atoms with Crippen LogP contribution >= 0.6 is 11.6 Å². The summed E-state index contributed by atoms with van der Waals surface area (Å²) in [4.78, 5) is 8.68. The molecule has 0 amide bonds. The number of rotatable bonds is 6. The number of methoxy groups -OCH3 is 1. The largest absolute Gasteiger partial charge is 0.508 e. The Morgan fingerprint density at radius 3 is 2.69 bits per heavy atom. The molecule has 1 aromatic heterocycles. The number of hydrogen-bond donors (Lipinski definition) is 2. The topological polar surface area (TPSA) is 67.3 Å². The summed E-state index contributed by atoms with van der Waals surface area (Å²) < 4.78 is 5.20. The molecule has 3 rings (SSSR count). The monoisotopic (exact) mass is 369 g/mol. The molecule has 0 fully saturated rings. The van der Waals surface area contributed by atoms with E-state index in [0.29, 0.717) is 18.1 Å². The maximum absolute atomic E-state index is 9.68. The van der Waals surface area contributed by atoms with Crippen LogP contribution in [0.25, 0.3) is 11.3 Å². The highest BCUT2D eigenvalue weighted by Crippen LogP contribution is 2.25. The Morgan fingerprint density at radius 2 is 1.96 bits per heavy atom. The van der Waals surface area contributed by atoms with E-state index >= 15 is 0 Å². The molecular formula is C20H20ClN3O2. The van der Waals surface area contributed by atoms with Gasteiger partial charge in [0.1, 0.15) is 11.6 Å². The molecule has 134 valence electrons. The summed E-state index contributed by atoms with van der Waals surface area (Å²) in [6.45, 7) is 2.69. The van der Waals surface area contributed by atoms with Crippen LogP contribution in [0.3, 0.4) is 0 Å². The third-order valence-corrected chi connectivity index (χ3v) is 4.29. The summed E-state index contributed by atoms with van der Waals surface area (Å²) in [5.41, 5.74) is 3.68. The summed E-state index contributed by atoms with van der Waals surface area (Å²) >= 11 is 6.28. The number of aryl methyl sites for hydroxylation is 1. The zero-order chi connectivity index (χ0) is 18.5. The lowest BCUT2D eigenvalue weighted by Gasteiger charge is -2.10. The average molecular weight is 370 g/mol.